The van der Waals surface area contributed by atoms with Gasteiger partial charge in [-0.3, -0.25) is 9.30 Å². The molecule has 0 saturated heterocycles. The van der Waals surface area contributed by atoms with E-state index in [0.717, 1.165) is 10.5 Å². The number of halogens is 4. The number of benzene rings is 1. The van der Waals surface area contributed by atoms with E-state index in [4.69, 9.17) is 11.6 Å². The zero-order valence-corrected chi connectivity index (χ0v) is 12.1. The molecule has 0 spiro atoms. The first-order chi connectivity index (χ1) is 9.71. The van der Waals surface area contributed by atoms with Crippen molar-refractivity contribution >= 4 is 27.3 Å². The summed E-state index contributed by atoms with van der Waals surface area (Å²) in [6.45, 7) is -0.452. The van der Waals surface area contributed by atoms with Crippen LogP contribution in [-0.2, 0) is 10.0 Å². The van der Waals surface area contributed by atoms with Gasteiger partial charge in [-0.15, -0.1) is 0 Å². The van der Waals surface area contributed by atoms with Crippen LogP contribution in [0.2, 0.25) is 5.02 Å². The standard InChI is InChI=1S/C12H10ClF3N2O2S/c13-9-2-1-3-10(8-9)21(19,20)18-6-4-11(12(14,15)16)17-5-7-18/h1-4,6,8H,5,7H2. The third-order valence-corrected chi connectivity index (χ3v) is 4.70. The molecule has 1 aromatic rings. The molecule has 1 aromatic carbocycles. The van der Waals surface area contributed by atoms with Crippen molar-refractivity contribution in [3.05, 3.63) is 41.6 Å². The fourth-order valence-electron chi connectivity index (χ4n) is 1.70. The summed E-state index contributed by atoms with van der Waals surface area (Å²) in [5.41, 5.74) is -1.11. The van der Waals surface area contributed by atoms with Gasteiger partial charge in [0.05, 0.1) is 18.0 Å². The van der Waals surface area contributed by atoms with Crippen molar-refractivity contribution in [3.63, 3.8) is 0 Å². The molecular formula is C12H10ClF3N2O2S. The van der Waals surface area contributed by atoms with Crippen molar-refractivity contribution in [2.45, 2.75) is 11.1 Å². The van der Waals surface area contributed by atoms with Gasteiger partial charge in [-0.05, 0) is 24.3 Å². The van der Waals surface area contributed by atoms with E-state index in [-0.39, 0.29) is 23.0 Å². The van der Waals surface area contributed by atoms with Crippen molar-refractivity contribution in [1.82, 2.24) is 4.31 Å². The van der Waals surface area contributed by atoms with Crippen LogP contribution in [0.15, 0.2) is 46.4 Å². The molecule has 0 fully saturated rings. The predicted octanol–water partition coefficient (Wildman–Crippen LogP) is 2.86. The van der Waals surface area contributed by atoms with Crippen LogP contribution in [0.4, 0.5) is 13.2 Å². The molecule has 0 aromatic heterocycles. The topological polar surface area (TPSA) is 49.7 Å². The Hall–Kier alpha value is -1.54. The van der Waals surface area contributed by atoms with E-state index in [0.29, 0.717) is 6.08 Å². The molecule has 0 radical (unpaired) electrons. The number of sulfonamides is 1. The number of rotatable bonds is 2. The lowest BCUT2D eigenvalue weighted by Gasteiger charge is -2.18. The second-order valence-electron chi connectivity index (χ2n) is 4.15. The Morgan fingerprint density at radius 3 is 2.62 bits per heavy atom. The molecule has 9 heteroatoms. The van der Waals surface area contributed by atoms with Gasteiger partial charge in [-0.2, -0.15) is 13.2 Å². The van der Waals surface area contributed by atoms with E-state index in [2.05, 4.69) is 4.99 Å². The monoisotopic (exact) mass is 338 g/mol. The largest absolute Gasteiger partial charge is 0.432 e. The summed E-state index contributed by atoms with van der Waals surface area (Å²) in [4.78, 5) is 3.25. The number of aliphatic imine (C=N–C) groups is 1. The third kappa shape index (κ3) is 3.56. The van der Waals surface area contributed by atoms with E-state index >= 15 is 0 Å². The van der Waals surface area contributed by atoms with Crippen molar-refractivity contribution in [2.24, 2.45) is 4.99 Å². The smallest absolute Gasteiger partial charge is 0.279 e. The highest BCUT2D eigenvalue weighted by atomic mass is 35.5. The maximum Gasteiger partial charge on any atom is 0.432 e. The Balaban J connectivity index is 2.32. The average Bonchev–Trinajstić information content (AvgIpc) is 2.64. The van der Waals surface area contributed by atoms with Crippen LogP contribution >= 0.6 is 11.6 Å². The van der Waals surface area contributed by atoms with Crippen molar-refractivity contribution in [1.29, 1.82) is 0 Å². The number of alkyl halides is 3. The number of hydrogen-bond acceptors (Lipinski definition) is 3. The molecule has 1 heterocycles. The van der Waals surface area contributed by atoms with E-state index in [1.807, 2.05) is 0 Å². The van der Waals surface area contributed by atoms with Crippen LogP contribution in [0, 0.1) is 0 Å². The highest BCUT2D eigenvalue weighted by Gasteiger charge is 2.35. The van der Waals surface area contributed by atoms with Crippen molar-refractivity contribution < 1.29 is 21.6 Å². The molecule has 1 aliphatic rings. The van der Waals surface area contributed by atoms with E-state index in [1.54, 1.807) is 0 Å². The Kier molecular flexibility index (Phi) is 4.29. The van der Waals surface area contributed by atoms with E-state index < -0.39 is 21.9 Å². The summed E-state index contributed by atoms with van der Waals surface area (Å²) in [7, 11) is -3.96. The van der Waals surface area contributed by atoms with Gasteiger partial charge in [0.2, 0.25) is 0 Å². The first kappa shape index (κ1) is 15.8. The maximum absolute atomic E-state index is 12.6. The molecule has 4 nitrogen and oxygen atoms in total. The molecule has 1 aliphatic heterocycles. The summed E-state index contributed by atoms with van der Waals surface area (Å²) in [5, 5.41) is 0.224. The van der Waals surface area contributed by atoms with Crippen molar-refractivity contribution in [3.8, 4) is 0 Å². The first-order valence-corrected chi connectivity index (χ1v) is 7.60. The van der Waals surface area contributed by atoms with Gasteiger partial charge in [0.1, 0.15) is 5.71 Å². The molecule has 21 heavy (non-hydrogen) atoms. The lowest BCUT2D eigenvalue weighted by atomic mass is 10.3. The quantitative estimate of drug-likeness (QED) is 0.832. The van der Waals surface area contributed by atoms with Crippen LogP contribution in [0.3, 0.4) is 0 Å². The Morgan fingerprint density at radius 2 is 2.00 bits per heavy atom. The Labute approximate surface area is 124 Å². The predicted molar refractivity (Wildman–Crippen MR) is 72.8 cm³/mol. The highest BCUT2D eigenvalue weighted by molar-refractivity contribution is 7.89. The second-order valence-corrected chi connectivity index (χ2v) is 6.48. The lowest BCUT2D eigenvalue weighted by molar-refractivity contribution is -0.0578. The molecule has 0 amide bonds. The van der Waals surface area contributed by atoms with Gasteiger partial charge < -0.3 is 0 Å². The summed E-state index contributed by atoms with van der Waals surface area (Å²) < 4.78 is 63.1. The lowest BCUT2D eigenvalue weighted by Crippen LogP contribution is -2.27. The minimum Gasteiger partial charge on any atom is -0.279 e. The summed E-state index contributed by atoms with van der Waals surface area (Å²) in [5.74, 6) is 0. The summed E-state index contributed by atoms with van der Waals surface area (Å²) in [6, 6.07) is 5.52. The summed E-state index contributed by atoms with van der Waals surface area (Å²) >= 11 is 5.73. The van der Waals surface area contributed by atoms with Crippen LogP contribution < -0.4 is 0 Å². The van der Waals surface area contributed by atoms with E-state index in [1.165, 1.54) is 24.3 Å². The molecular weight excluding hydrogens is 329 g/mol. The van der Waals surface area contributed by atoms with Gasteiger partial charge in [-0.25, -0.2) is 8.42 Å². The van der Waals surface area contributed by atoms with Crippen LogP contribution in [-0.4, -0.2) is 37.7 Å². The molecule has 0 bridgehead atoms. The maximum atomic E-state index is 12.6. The number of nitrogens with zero attached hydrogens (tertiary/aromatic N) is 2. The number of hydrogen-bond donors (Lipinski definition) is 0. The average molecular weight is 339 g/mol. The van der Waals surface area contributed by atoms with Crippen molar-refractivity contribution in [2.75, 3.05) is 13.1 Å². The second kappa shape index (κ2) is 5.69. The Morgan fingerprint density at radius 1 is 1.29 bits per heavy atom. The van der Waals surface area contributed by atoms with Crippen LogP contribution in [0.5, 0.6) is 0 Å². The zero-order chi connectivity index (χ0) is 15.7. The summed E-state index contributed by atoms with van der Waals surface area (Å²) in [6.07, 6.45) is -3.09. The van der Waals surface area contributed by atoms with Crippen LogP contribution in [0.25, 0.3) is 0 Å². The molecule has 114 valence electrons. The van der Waals surface area contributed by atoms with Gasteiger partial charge in [-0.1, -0.05) is 17.7 Å². The number of allylic oxidation sites excluding steroid dienone is 1. The molecule has 0 saturated carbocycles. The SMILES string of the molecule is O=S(=O)(c1cccc(Cl)c1)N1C=CC(C(F)(F)F)=NCC1. The van der Waals surface area contributed by atoms with Gasteiger partial charge >= 0.3 is 6.18 Å². The Bertz CT molecular complexity index is 699. The van der Waals surface area contributed by atoms with Crippen LogP contribution in [0.1, 0.15) is 0 Å². The zero-order valence-electron chi connectivity index (χ0n) is 10.5. The molecule has 2 rings (SSSR count). The third-order valence-electron chi connectivity index (χ3n) is 2.69. The first-order valence-electron chi connectivity index (χ1n) is 5.78. The highest BCUT2D eigenvalue weighted by Crippen LogP contribution is 2.23. The molecule has 0 unspecified atom stereocenters. The minimum absolute atomic E-state index is 0.0879. The molecule has 0 N–H and O–H groups in total. The van der Waals surface area contributed by atoms with E-state index in [9.17, 15) is 21.6 Å². The normalized spacial score (nSPS) is 16.6. The van der Waals surface area contributed by atoms with Gasteiger partial charge in [0, 0.05) is 11.2 Å². The molecule has 0 atom stereocenters. The molecule has 0 aliphatic carbocycles. The fourth-order valence-corrected chi connectivity index (χ4v) is 3.29. The van der Waals surface area contributed by atoms with Gasteiger partial charge in [0.15, 0.2) is 0 Å². The van der Waals surface area contributed by atoms with Gasteiger partial charge in [0.25, 0.3) is 10.0 Å². The fraction of sp³-hybridized carbons (Fsp3) is 0.250. The minimum atomic E-state index is -4.60.